The van der Waals surface area contributed by atoms with Gasteiger partial charge >= 0.3 is 0 Å². The Labute approximate surface area is 82.9 Å². The van der Waals surface area contributed by atoms with Crippen LogP contribution in [0.5, 0.6) is 0 Å². The highest BCUT2D eigenvalue weighted by atomic mass is 16.3. The molecule has 5 nitrogen and oxygen atoms in total. The van der Waals surface area contributed by atoms with Crippen molar-refractivity contribution in [1.82, 2.24) is 10.6 Å². The van der Waals surface area contributed by atoms with E-state index in [0.29, 0.717) is 13.0 Å². The molecule has 0 radical (unpaired) electrons. The monoisotopic (exact) mass is 200 g/mol. The fourth-order valence-electron chi connectivity index (χ4n) is 1.24. The summed E-state index contributed by atoms with van der Waals surface area (Å²) in [5.74, 6) is -0.687. The van der Waals surface area contributed by atoms with Gasteiger partial charge < -0.3 is 15.7 Å². The Morgan fingerprint density at radius 1 is 1.64 bits per heavy atom. The smallest absolute Gasteiger partial charge is 0.252 e. The van der Waals surface area contributed by atoms with Crippen molar-refractivity contribution in [1.29, 1.82) is 0 Å². The largest absolute Gasteiger partial charge is 0.381 e. The molecule has 0 aromatic carbocycles. The highest BCUT2D eigenvalue weighted by Crippen LogP contribution is 2.06. The Bertz CT molecular complexity index is 245. The lowest BCUT2D eigenvalue weighted by Crippen LogP contribution is -2.54. The van der Waals surface area contributed by atoms with E-state index in [-0.39, 0.29) is 5.91 Å². The number of aliphatic hydroxyl groups is 1. The number of rotatable bonds is 2. The van der Waals surface area contributed by atoms with Crippen LogP contribution in [0, 0.1) is 0 Å². The van der Waals surface area contributed by atoms with Gasteiger partial charge in [-0.05, 0) is 26.7 Å². The number of amides is 2. The topological polar surface area (TPSA) is 78.4 Å². The van der Waals surface area contributed by atoms with Gasteiger partial charge in [-0.25, -0.2) is 0 Å². The summed E-state index contributed by atoms with van der Waals surface area (Å²) < 4.78 is 0. The molecule has 0 bridgehead atoms. The van der Waals surface area contributed by atoms with Crippen LogP contribution in [0.25, 0.3) is 0 Å². The maximum atomic E-state index is 11.3. The third kappa shape index (κ3) is 2.70. The van der Waals surface area contributed by atoms with Crippen LogP contribution in [0.15, 0.2) is 0 Å². The van der Waals surface area contributed by atoms with Crippen molar-refractivity contribution in [2.45, 2.75) is 38.3 Å². The second-order valence-electron chi connectivity index (χ2n) is 4.02. The minimum absolute atomic E-state index is 0.172. The predicted octanol–water partition coefficient (Wildman–Crippen LogP) is -0.848. The number of carbonyl (C=O) groups excluding carboxylic acids is 2. The number of hydrogen-bond acceptors (Lipinski definition) is 3. The Balaban J connectivity index is 2.51. The fraction of sp³-hybridized carbons (Fsp3) is 0.778. The van der Waals surface area contributed by atoms with E-state index < -0.39 is 17.6 Å². The third-order valence-corrected chi connectivity index (χ3v) is 2.15. The summed E-state index contributed by atoms with van der Waals surface area (Å²) in [5, 5.41) is 14.5. The first-order valence-electron chi connectivity index (χ1n) is 4.72. The van der Waals surface area contributed by atoms with Crippen LogP contribution < -0.4 is 10.6 Å². The van der Waals surface area contributed by atoms with Crippen molar-refractivity contribution in [2.75, 3.05) is 6.54 Å². The van der Waals surface area contributed by atoms with Crippen molar-refractivity contribution in [3.05, 3.63) is 0 Å². The first kappa shape index (κ1) is 11.0. The minimum atomic E-state index is -1.43. The molecule has 80 valence electrons. The van der Waals surface area contributed by atoms with Crippen molar-refractivity contribution < 1.29 is 14.7 Å². The summed E-state index contributed by atoms with van der Waals surface area (Å²) >= 11 is 0. The highest BCUT2D eigenvalue weighted by molar-refractivity contribution is 5.91. The second-order valence-corrected chi connectivity index (χ2v) is 4.02. The molecule has 2 amide bonds. The van der Waals surface area contributed by atoms with Crippen LogP contribution in [0.3, 0.4) is 0 Å². The molecule has 0 aliphatic carbocycles. The SMILES string of the molecule is CC(C)(O)C(=O)NC1CCCNC1=O. The van der Waals surface area contributed by atoms with Gasteiger partial charge in [-0.2, -0.15) is 0 Å². The number of carbonyl (C=O) groups is 2. The molecule has 5 heteroatoms. The Morgan fingerprint density at radius 3 is 2.79 bits per heavy atom. The number of nitrogens with one attached hydrogen (secondary N) is 2. The molecule has 1 heterocycles. The maximum absolute atomic E-state index is 11.3. The van der Waals surface area contributed by atoms with E-state index in [2.05, 4.69) is 10.6 Å². The quantitative estimate of drug-likeness (QED) is 0.543. The first-order valence-corrected chi connectivity index (χ1v) is 4.72. The molecular weight excluding hydrogens is 184 g/mol. The molecule has 0 aromatic heterocycles. The lowest BCUT2D eigenvalue weighted by atomic mass is 10.0. The number of hydrogen-bond donors (Lipinski definition) is 3. The van der Waals surface area contributed by atoms with E-state index in [9.17, 15) is 14.7 Å². The molecule has 14 heavy (non-hydrogen) atoms. The lowest BCUT2D eigenvalue weighted by molar-refractivity contribution is -0.140. The second kappa shape index (κ2) is 3.96. The van der Waals surface area contributed by atoms with Crippen molar-refractivity contribution >= 4 is 11.8 Å². The maximum Gasteiger partial charge on any atom is 0.252 e. The van der Waals surface area contributed by atoms with Gasteiger partial charge in [0, 0.05) is 6.54 Å². The fourth-order valence-corrected chi connectivity index (χ4v) is 1.24. The summed E-state index contributed by atoms with van der Waals surface area (Å²) in [6.07, 6.45) is 1.48. The molecule has 0 saturated carbocycles. The molecule has 1 aliphatic rings. The predicted molar refractivity (Wildman–Crippen MR) is 50.5 cm³/mol. The normalized spacial score (nSPS) is 22.8. The molecular formula is C9H16N2O3. The molecule has 0 aromatic rings. The Hall–Kier alpha value is -1.10. The summed E-state index contributed by atoms with van der Waals surface area (Å²) in [6.45, 7) is 3.44. The van der Waals surface area contributed by atoms with E-state index in [1.165, 1.54) is 13.8 Å². The van der Waals surface area contributed by atoms with Crippen LogP contribution in [0.1, 0.15) is 26.7 Å². The van der Waals surface area contributed by atoms with E-state index >= 15 is 0 Å². The molecule has 1 unspecified atom stereocenters. The standard InChI is InChI=1S/C9H16N2O3/c1-9(2,14)8(13)11-6-4-3-5-10-7(6)12/h6,14H,3-5H2,1-2H3,(H,10,12)(H,11,13). The van der Waals surface area contributed by atoms with Gasteiger partial charge in [-0.1, -0.05) is 0 Å². The summed E-state index contributed by atoms with van der Waals surface area (Å²) in [4.78, 5) is 22.6. The van der Waals surface area contributed by atoms with Crippen LogP contribution >= 0.6 is 0 Å². The average Bonchev–Trinajstić information content (AvgIpc) is 2.07. The van der Waals surface area contributed by atoms with E-state index in [0.717, 1.165) is 6.42 Å². The molecule has 1 saturated heterocycles. The van der Waals surface area contributed by atoms with Crippen molar-refractivity contribution in [3.63, 3.8) is 0 Å². The zero-order valence-electron chi connectivity index (χ0n) is 8.46. The van der Waals surface area contributed by atoms with Crippen LogP contribution in [0.4, 0.5) is 0 Å². The summed E-state index contributed by atoms with van der Waals surface area (Å²) in [5.41, 5.74) is -1.43. The molecule has 1 fully saturated rings. The highest BCUT2D eigenvalue weighted by Gasteiger charge is 2.30. The van der Waals surface area contributed by atoms with Gasteiger partial charge in [0.15, 0.2) is 0 Å². The van der Waals surface area contributed by atoms with E-state index in [1.54, 1.807) is 0 Å². The van der Waals surface area contributed by atoms with Gasteiger partial charge in [0.05, 0.1) is 0 Å². The van der Waals surface area contributed by atoms with E-state index in [4.69, 9.17) is 0 Å². The Morgan fingerprint density at radius 2 is 2.29 bits per heavy atom. The molecule has 1 atom stereocenters. The van der Waals surface area contributed by atoms with Gasteiger partial charge in [0.1, 0.15) is 11.6 Å². The van der Waals surface area contributed by atoms with E-state index in [1.807, 2.05) is 0 Å². The zero-order valence-corrected chi connectivity index (χ0v) is 8.46. The van der Waals surface area contributed by atoms with Gasteiger partial charge in [0.2, 0.25) is 5.91 Å². The van der Waals surface area contributed by atoms with Gasteiger partial charge in [-0.3, -0.25) is 9.59 Å². The lowest BCUT2D eigenvalue weighted by Gasteiger charge is -2.25. The van der Waals surface area contributed by atoms with Crippen molar-refractivity contribution in [2.24, 2.45) is 0 Å². The molecule has 3 N–H and O–H groups in total. The Kier molecular flexibility index (Phi) is 3.10. The van der Waals surface area contributed by atoms with Crippen molar-refractivity contribution in [3.8, 4) is 0 Å². The molecule has 1 aliphatic heterocycles. The molecule has 1 rings (SSSR count). The third-order valence-electron chi connectivity index (χ3n) is 2.15. The summed E-state index contributed by atoms with van der Waals surface area (Å²) in [7, 11) is 0. The summed E-state index contributed by atoms with van der Waals surface area (Å²) in [6, 6.07) is -0.498. The number of piperidine rings is 1. The zero-order chi connectivity index (χ0) is 10.8. The van der Waals surface area contributed by atoms with Gasteiger partial charge in [-0.15, -0.1) is 0 Å². The molecule has 0 spiro atoms. The van der Waals surface area contributed by atoms with Crippen LogP contribution in [0.2, 0.25) is 0 Å². The van der Waals surface area contributed by atoms with Gasteiger partial charge in [0.25, 0.3) is 5.91 Å². The average molecular weight is 200 g/mol. The van der Waals surface area contributed by atoms with Crippen LogP contribution in [-0.2, 0) is 9.59 Å². The van der Waals surface area contributed by atoms with Crippen LogP contribution in [-0.4, -0.2) is 35.1 Å². The first-order chi connectivity index (χ1) is 6.41. The minimum Gasteiger partial charge on any atom is -0.381 e.